The van der Waals surface area contributed by atoms with Gasteiger partial charge in [-0.05, 0) is 42.9 Å². The lowest BCUT2D eigenvalue weighted by Gasteiger charge is -2.35. The normalized spacial score (nSPS) is 14.9. The third kappa shape index (κ3) is 4.31. The molecule has 0 spiro atoms. The molecular formula is C20H25FN4O2. The van der Waals surface area contributed by atoms with Crippen LogP contribution in [0.15, 0.2) is 36.4 Å². The van der Waals surface area contributed by atoms with E-state index < -0.39 is 0 Å². The predicted molar refractivity (Wildman–Crippen MR) is 106 cm³/mol. The Balaban J connectivity index is 1.69. The standard InChI is InChI=1S/C20H25FN4O2/c1-3-24-8-10-25(11-9-24)18-6-4-14(12-16(18)21)20(26)23-15-5-7-19(27-2)17(22)13-15/h4-7,12-13H,3,8-11,22H2,1-2H3,(H,23,26). The zero-order valence-electron chi connectivity index (χ0n) is 15.7. The van der Waals surface area contributed by atoms with Crippen LogP contribution in [0.2, 0.25) is 0 Å². The molecule has 3 rings (SSSR count). The molecule has 1 saturated heterocycles. The van der Waals surface area contributed by atoms with Crippen LogP contribution in [0, 0.1) is 5.82 Å². The topological polar surface area (TPSA) is 70.8 Å². The molecule has 0 aromatic heterocycles. The molecule has 0 atom stereocenters. The van der Waals surface area contributed by atoms with Crippen molar-refractivity contribution in [3.8, 4) is 5.75 Å². The van der Waals surface area contributed by atoms with Crippen LogP contribution in [0.1, 0.15) is 17.3 Å². The summed E-state index contributed by atoms with van der Waals surface area (Å²) in [5, 5.41) is 2.73. The second-order valence-corrected chi connectivity index (χ2v) is 6.50. The first-order valence-corrected chi connectivity index (χ1v) is 9.03. The fraction of sp³-hybridized carbons (Fsp3) is 0.350. The first kappa shape index (κ1) is 19.0. The molecule has 7 heteroatoms. The van der Waals surface area contributed by atoms with Crippen LogP contribution in [0.4, 0.5) is 21.5 Å². The number of likely N-dealkylation sites (N-methyl/N-ethyl adjacent to an activating group) is 1. The van der Waals surface area contributed by atoms with Gasteiger partial charge in [0.15, 0.2) is 0 Å². The summed E-state index contributed by atoms with van der Waals surface area (Å²) in [4.78, 5) is 16.8. The summed E-state index contributed by atoms with van der Waals surface area (Å²) < 4.78 is 19.7. The van der Waals surface area contributed by atoms with Crippen LogP contribution in [0.5, 0.6) is 5.75 Å². The molecule has 2 aromatic carbocycles. The lowest BCUT2D eigenvalue weighted by Crippen LogP contribution is -2.46. The minimum atomic E-state index is -0.388. The molecule has 1 amide bonds. The van der Waals surface area contributed by atoms with Gasteiger partial charge < -0.3 is 25.6 Å². The number of benzene rings is 2. The van der Waals surface area contributed by atoms with Crippen molar-refractivity contribution in [1.82, 2.24) is 4.90 Å². The molecular weight excluding hydrogens is 347 g/mol. The number of nitrogens with two attached hydrogens (primary N) is 1. The van der Waals surface area contributed by atoms with E-state index in [4.69, 9.17) is 10.5 Å². The molecule has 0 unspecified atom stereocenters. The fourth-order valence-electron chi connectivity index (χ4n) is 3.22. The zero-order chi connectivity index (χ0) is 19.4. The predicted octanol–water partition coefficient (Wildman–Crippen LogP) is 2.81. The van der Waals surface area contributed by atoms with E-state index in [9.17, 15) is 9.18 Å². The summed E-state index contributed by atoms with van der Waals surface area (Å²) in [5.41, 5.74) is 7.59. The SMILES string of the molecule is CCN1CCN(c2ccc(C(=O)Nc3ccc(OC)c(N)c3)cc2F)CC1. The van der Waals surface area contributed by atoms with Crippen LogP contribution in [-0.2, 0) is 0 Å². The number of halogens is 1. The average Bonchev–Trinajstić information content (AvgIpc) is 2.68. The van der Waals surface area contributed by atoms with E-state index in [0.29, 0.717) is 22.8 Å². The monoisotopic (exact) mass is 372 g/mol. The second-order valence-electron chi connectivity index (χ2n) is 6.50. The summed E-state index contributed by atoms with van der Waals surface area (Å²) in [6, 6.07) is 9.56. The summed E-state index contributed by atoms with van der Waals surface area (Å²) in [6.07, 6.45) is 0. The Morgan fingerprint density at radius 2 is 1.93 bits per heavy atom. The molecule has 1 fully saturated rings. The van der Waals surface area contributed by atoms with Crippen molar-refractivity contribution in [2.75, 3.05) is 55.8 Å². The van der Waals surface area contributed by atoms with E-state index in [-0.39, 0.29) is 17.3 Å². The second kappa shape index (κ2) is 8.26. The Kier molecular flexibility index (Phi) is 5.81. The number of anilines is 3. The van der Waals surface area contributed by atoms with Gasteiger partial charge in [-0.15, -0.1) is 0 Å². The average molecular weight is 372 g/mol. The number of hydrogen-bond donors (Lipinski definition) is 2. The largest absolute Gasteiger partial charge is 0.495 e. The highest BCUT2D eigenvalue weighted by atomic mass is 19.1. The number of nitrogen functional groups attached to an aromatic ring is 1. The highest BCUT2D eigenvalue weighted by Crippen LogP contribution is 2.26. The van der Waals surface area contributed by atoms with Crippen molar-refractivity contribution in [3.05, 3.63) is 47.8 Å². The highest BCUT2D eigenvalue weighted by Gasteiger charge is 2.19. The van der Waals surface area contributed by atoms with Gasteiger partial charge in [0.2, 0.25) is 0 Å². The fourth-order valence-corrected chi connectivity index (χ4v) is 3.22. The number of carbonyl (C=O) groups excluding carboxylic acids is 1. The Bertz CT molecular complexity index is 820. The molecule has 0 saturated carbocycles. The smallest absolute Gasteiger partial charge is 0.255 e. The third-order valence-electron chi connectivity index (χ3n) is 4.86. The van der Waals surface area contributed by atoms with E-state index in [1.807, 2.05) is 4.90 Å². The van der Waals surface area contributed by atoms with E-state index in [1.165, 1.54) is 13.2 Å². The van der Waals surface area contributed by atoms with Crippen LogP contribution in [-0.4, -0.2) is 50.6 Å². The molecule has 6 nitrogen and oxygen atoms in total. The van der Waals surface area contributed by atoms with Crippen LogP contribution in [0.3, 0.4) is 0 Å². The van der Waals surface area contributed by atoms with Crippen LogP contribution in [0.25, 0.3) is 0 Å². The van der Waals surface area contributed by atoms with Gasteiger partial charge in [-0.1, -0.05) is 6.92 Å². The summed E-state index contributed by atoms with van der Waals surface area (Å²) >= 11 is 0. The quantitative estimate of drug-likeness (QED) is 0.790. The number of nitrogens with zero attached hydrogens (tertiary/aromatic N) is 2. The summed E-state index contributed by atoms with van der Waals surface area (Å²) in [5.74, 6) is -0.241. The number of rotatable bonds is 5. The number of ether oxygens (including phenoxy) is 1. The van der Waals surface area contributed by atoms with Gasteiger partial charge in [0.25, 0.3) is 5.91 Å². The molecule has 27 heavy (non-hydrogen) atoms. The molecule has 1 heterocycles. The Labute approximate surface area is 158 Å². The van der Waals surface area contributed by atoms with Gasteiger partial charge >= 0.3 is 0 Å². The van der Waals surface area contributed by atoms with Crippen molar-refractivity contribution in [1.29, 1.82) is 0 Å². The van der Waals surface area contributed by atoms with Gasteiger partial charge in [-0.25, -0.2) is 4.39 Å². The highest BCUT2D eigenvalue weighted by molar-refractivity contribution is 6.04. The molecule has 0 radical (unpaired) electrons. The third-order valence-corrected chi connectivity index (χ3v) is 4.86. The minimum absolute atomic E-state index is 0.262. The molecule has 144 valence electrons. The number of hydrogen-bond acceptors (Lipinski definition) is 5. The Hall–Kier alpha value is -2.80. The number of nitrogens with one attached hydrogen (secondary N) is 1. The van der Waals surface area contributed by atoms with E-state index in [0.717, 1.165) is 32.7 Å². The van der Waals surface area contributed by atoms with Crippen molar-refractivity contribution in [2.24, 2.45) is 0 Å². The van der Waals surface area contributed by atoms with E-state index in [1.54, 1.807) is 30.3 Å². The van der Waals surface area contributed by atoms with Gasteiger partial charge in [0.05, 0.1) is 18.5 Å². The lowest BCUT2D eigenvalue weighted by molar-refractivity contribution is 0.102. The molecule has 1 aliphatic heterocycles. The number of methoxy groups -OCH3 is 1. The maximum atomic E-state index is 14.6. The molecule has 3 N–H and O–H groups in total. The Morgan fingerprint density at radius 3 is 2.52 bits per heavy atom. The molecule has 1 aliphatic rings. The van der Waals surface area contributed by atoms with Crippen molar-refractivity contribution in [2.45, 2.75) is 6.92 Å². The minimum Gasteiger partial charge on any atom is -0.495 e. The number of carbonyl (C=O) groups is 1. The van der Waals surface area contributed by atoms with Crippen molar-refractivity contribution < 1.29 is 13.9 Å². The van der Waals surface area contributed by atoms with Gasteiger partial charge in [0.1, 0.15) is 11.6 Å². The maximum absolute atomic E-state index is 14.6. The molecule has 0 aliphatic carbocycles. The van der Waals surface area contributed by atoms with Gasteiger partial charge in [0, 0.05) is 37.4 Å². The van der Waals surface area contributed by atoms with Gasteiger partial charge in [-0.3, -0.25) is 4.79 Å². The molecule has 0 bridgehead atoms. The lowest BCUT2D eigenvalue weighted by atomic mass is 10.1. The molecule has 2 aromatic rings. The van der Waals surface area contributed by atoms with Crippen molar-refractivity contribution >= 4 is 23.0 Å². The number of piperazine rings is 1. The van der Waals surface area contributed by atoms with Gasteiger partial charge in [-0.2, -0.15) is 0 Å². The first-order valence-electron chi connectivity index (χ1n) is 9.03. The van der Waals surface area contributed by atoms with E-state index in [2.05, 4.69) is 17.1 Å². The summed E-state index contributed by atoms with van der Waals surface area (Å²) in [7, 11) is 1.52. The zero-order valence-corrected chi connectivity index (χ0v) is 15.7. The van der Waals surface area contributed by atoms with Crippen molar-refractivity contribution in [3.63, 3.8) is 0 Å². The summed E-state index contributed by atoms with van der Waals surface area (Å²) in [6.45, 7) is 6.52. The van der Waals surface area contributed by atoms with Crippen LogP contribution >= 0.6 is 0 Å². The van der Waals surface area contributed by atoms with Crippen LogP contribution < -0.4 is 20.7 Å². The maximum Gasteiger partial charge on any atom is 0.255 e. The number of amides is 1. The first-order chi connectivity index (χ1) is 13.0. The Morgan fingerprint density at radius 1 is 1.19 bits per heavy atom. The van der Waals surface area contributed by atoms with E-state index >= 15 is 0 Å².